The van der Waals surface area contributed by atoms with Crippen LogP contribution in [-0.2, 0) is 18.8 Å². The number of methoxy groups -OCH3 is 1. The van der Waals surface area contributed by atoms with Crippen LogP contribution in [0.15, 0.2) is 12.1 Å². The van der Waals surface area contributed by atoms with E-state index in [1.807, 2.05) is 27.7 Å². The summed E-state index contributed by atoms with van der Waals surface area (Å²) in [6.45, 7) is 9.81. The van der Waals surface area contributed by atoms with Gasteiger partial charge in [0.05, 0.1) is 36.4 Å². The molecule has 0 aliphatic carbocycles. The van der Waals surface area contributed by atoms with Gasteiger partial charge < -0.3 is 23.9 Å². The first-order chi connectivity index (χ1) is 12.0. The molecule has 1 heterocycles. The number of esters is 1. The fraction of sp³-hybridized carbons (Fsp3) is 0.611. The van der Waals surface area contributed by atoms with E-state index in [1.165, 1.54) is 7.11 Å². The average molecular weight is 385 g/mol. The molecule has 0 radical (unpaired) electrons. The van der Waals surface area contributed by atoms with Gasteiger partial charge in [-0.25, -0.2) is 0 Å². The van der Waals surface area contributed by atoms with Crippen LogP contribution in [0.1, 0.15) is 52.4 Å². The Hall–Kier alpha value is -1.44. The lowest BCUT2D eigenvalue weighted by Crippen LogP contribution is -2.41. The normalized spacial score (nSPS) is 19.3. The maximum Gasteiger partial charge on any atom is 0.466 e. The van der Waals surface area contributed by atoms with Crippen LogP contribution in [0.25, 0.3) is 0 Å². The second-order valence-electron chi connectivity index (χ2n) is 7.29. The van der Waals surface area contributed by atoms with E-state index in [-0.39, 0.29) is 35.5 Å². The van der Waals surface area contributed by atoms with Crippen molar-refractivity contribution in [1.29, 1.82) is 0 Å². The lowest BCUT2D eigenvalue weighted by molar-refractivity contribution is -0.143. The van der Waals surface area contributed by atoms with Crippen LogP contribution < -0.4 is 4.74 Å². The monoisotopic (exact) mass is 384 g/mol. The largest absolute Gasteiger partial charge is 0.503 e. The summed E-state index contributed by atoms with van der Waals surface area (Å²) in [7, 11) is 0.763. The number of carbonyl (C=O) groups excluding carboxylic acids is 1. The summed E-state index contributed by atoms with van der Waals surface area (Å²) >= 11 is 6.13. The average Bonchev–Trinajstić information content (AvgIpc) is 2.75. The van der Waals surface area contributed by atoms with Crippen LogP contribution in [0.4, 0.5) is 0 Å². The lowest BCUT2D eigenvalue weighted by atomic mass is 9.66. The molecule has 2 rings (SSSR count). The van der Waals surface area contributed by atoms with Gasteiger partial charge >= 0.3 is 13.1 Å². The zero-order valence-electron chi connectivity index (χ0n) is 16.1. The van der Waals surface area contributed by atoms with Gasteiger partial charge in [-0.1, -0.05) is 11.6 Å². The zero-order chi connectivity index (χ0) is 19.7. The molecule has 1 aliphatic rings. The Balaban J connectivity index is 2.43. The van der Waals surface area contributed by atoms with E-state index in [0.29, 0.717) is 5.56 Å². The maximum absolute atomic E-state index is 12.2. The topological polar surface area (TPSA) is 74.2 Å². The van der Waals surface area contributed by atoms with Gasteiger partial charge in [0.1, 0.15) is 0 Å². The quantitative estimate of drug-likeness (QED) is 0.595. The first kappa shape index (κ1) is 20.9. The Bertz CT molecular complexity index is 660. The third kappa shape index (κ3) is 4.10. The molecule has 0 amide bonds. The van der Waals surface area contributed by atoms with E-state index in [1.54, 1.807) is 19.1 Å². The Morgan fingerprint density at radius 3 is 2.35 bits per heavy atom. The molecule has 0 aromatic heterocycles. The van der Waals surface area contributed by atoms with Gasteiger partial charge in [0.25, 0.3) is 0 Å². The van der Waals surface area contributed by atoms with Crippen LogP contribution in [0, 0.1) is 0 Å². The van der Waals surface area contributed by atoms with E-state index in [2.05, 4.69) is 0 Å². The minimum atomic E-state index is -0.672. The number of hydrogen-bond donors (Lipinski definition) is 1. The molecular formula is C18H26BClO6. The number of halogens is 1. The summed E-state index contributed by atoms with van der Waals surface area (Å²) in [5, 5.41) is 10.1. The van der Waals surface area contributed by atoms with E-state index < -0.39 is 24.1 Å². The number of rotatable bonds is 6. The van der Waals surface area contributed by atoms with Gasteiger partial charge in [-0.15, -0.1) is 0 Å². The molecular weight excluding hydrogens is 358 g/mol. The van der Waals surface area contributed by atoms with Crippen molar-refractivity contribution in [2.45, 2.75) is 58.1 Å². The first-order valence-electron chi connectivity index (χ1n) is 8.60. The Morgan fingerprint density at radius 2 is 1.85 bits per heavy atom. The fourth-order valence-corrected chi connectivity index (χ4v) is 3.01. The number of aromatic hydroxyl groups is 1. The Labute approximate surface area is 159 Å². The molecule has 1 atom stereocenters. The summed E-state index contributed by atoms with van der Waals surface area (Å²) in [5.74, 6) is -0.767. The second-order valence-corrected chi connectivity index (χ2v) is 7.70. The highest BCUT2D eigenvalue weighted by Gasteiger charge is 2.54. The SMILES string of the molecule is CCOC(=O)CC(B1OC(C)(C)C(C)(C)O1)c1cc(Cl)c(O)c(OC)c1. The number of ether oxygens (including phenoxy) is 2. The van der Waals surface area contributed by atoms with Gasteiger partial charge in [0, 0.05) is 5.82 Å². The number of benzene rings is 1. The molecule has 1 fully saturated rings. The number of phenolic OH excluding ortho intramolecular Hbond substituents is 1. The molecule has 1 aliphatic heterocycles. The van der Waals surface area contributed by atoms with Crippen molar-refractivity contribution in [2.75, 3.05) is 13.7 Å². The Kier molecular flexibility index (Phi) is 6.15. The number of phenols is 1. The summed E-state index contributed by atoms with van der Waals surface area (Å²) in [5.41, 5.74) is -0.429. The van der Waals surface area contributed by atoms with Crippen molar-refractivity contribution in [3.05, 3.63) is 22.7 Å². The highest BCUT2D eigenvalue weighted by atomic mass is 35.5. The molecule has 1 aromatic carbocycles. The van der Waals surface area contributed by atoms with Crippen LogP contribution in [0.5, 0.6) is 11.5 Å². The molecule has 1 N–H and O–H groups in total. The molecule has 1 aromatic rings. The minimum absolute atomic E-state index is 0.0505. The van der Waals surface area contributed by atoms with E-state index in [4.69, 9.17) is 30.4 Å². The number of hydrogen-bond acceptors (Lipinski definition) is 6. The van der Waals surface area contributed by atoms with Crippen molar-refractivity contribution in [3.63, 3.8) is 0 Å². The van der Waals surface area contributed by atoms with Crippen LogP contribution >= 0.6 is 11.6 Å². The van der Waals surface area contributed by atoms with Gasteiger partial charge in [-0.05, 0) is 52.3 Å². The van der Waals surface area contributed by atoms with Crippen LogP contribution in [0.2, 0.25) is 5.02 Å². The van der Waals surface area contributed by atoms with Gasteiger partial charge in [-0.3, -0.25) is 4.79 Å². The molecule has 1 saturated heterocycles. The molecule has 6 nitrogen and oxygen atoms in total. The molecule has 144 valence electrons. The molecule has 26 heavy (non-hydrogen) atoms. The highest BCUT2D eigenvalue weighted by Crippen LogP contribution is 2.44. The van der Waals surface area contributed by atoms with E-state index >= 15 is 0 Å². The van der Waals surface area contributed by atoms with Crippen molar-refractivity contribution in [3.8, 4) is 11.5 Å². The first-order valence-corrected chi connectivity index (χ1v) is 8.98. The smallest absolute Gasteiger partial charge is 0.466 e. The van der Waals surface area contributed by atoms with Crippen LogP contribution in [0.3, 0.4) is 0 Å². The second kappa shape index (κ2) is 7.67. The van der Waals surface area contributed by atoms with E-state index in [9.17, 15) is 9.90 Å². The number of carbonyl (C=O) groups is 1. The summed E-state index contributed by atoms with van der Waals surface area (Å²) in [6.07, 6.45) is 0.0505. The summed E-state index contributed by atoms with van der Waals surface area (Å²) in [6, 6.07) is 3.23. The summed E-state index contributed by atoms with van der Waals surface area (Å²) < 4.78 is 22.5. The standard InChI is InChI=1S/C18H26BClO6/c1-7-24-15(21)10-12(19-25-17(2,3)18(4,5)26-19)11-8-13(20)16(22)14(9-11)23-6/h8-9,12,22H,7,10H2,1-6H3. The van der Waals surface area contributed by atoms with Crippen molar-refractivity contribution in [1.82, 2.24) is 0 Å². The van der Waals surface area contributed by atoms with E-state index in [0.717, 1.165) is 0 Å². The highest BCUT2D eigenvalue weighted by molar-refractivity contribution is 6.48. The lowest BCUT2D eigenvalue weighted by Gasteiger charge is -2.32. The van der Waals surface area contributed by atoms with Crippen LogP contribution in [-0.4, -0.2) is 43.1 Å². The third-order valence-corrected chi connectivity index (χ3v) is 5.28. The molecule has 0 bridgehead atoms. The van der Waals surface area contributed by atoms with Crippen molar-refractivity contribution in [2.24, 2.45) is 0 Å². The maximum atomic E-state index is 12.2. The van der Waals surface area contributed by atoms with Gasteiger partial charge in [0.15, 0.2) is 11.5 Å². The van der Waals surface area contributed by atoms with Crippen molar-refractivity contribution < 1.29 is 28.7 Å². The molecule has 8 heteroatoms. The third-order valence-electron chi connectivity index (χ3n) is 4.99. The fourth-order valence-electron chi connectivity index (χ4n) is 2.79. The predicted molar refractivity (Wildman–Crippen MR) is 99.7 cm³/mol. The summed E-state index contributed by atoms with van der Waals surface area (Å²) in [4.78, 5) is 12.2. The zero-order valence-corrected chi connectivity index (χ0v) is 16.8. The van der Waals surface area contributed by atoms with Gasteiger partial charge in [-0.2, -0.15) is 0 Å². The van der Waals surface area contributed by atoms with Gasteiger partial charge in [0.2, 0.25) is 0 Å². The molecule has 1 unspecified atom stereocenters. The van der Waals surface area contributed by atoms with Crippen molar-refractivity contribution >= 4 is 24.7 Å². The molecule has 0 saturated carbocycles. The predicted octanol–water partition coefficient (Wildman–Crippen LogP) is 3.72. The Morgan fingerprint density at radius 1 is 1.27 bits per heavy atom. The minimum Gasteiger partial charge on any atom is -0.503 e. The molecule has 0 spiro atoms.